The summed E-state index contributed by atoms with van der Waals surface area (Å²) in [5.41, 5.74) is 0.932. The number of hydrogen-bond acceptors (Lipinski definition) is 5. The highest BCUT2D eigenvalue weighted by Gasteiger charge is 2.16. The average Bonchev–Trinajstić information content (AvgIpc) is 2.83. The Kier molecular flexibility index (Phi) is 17.4. The van der Waals surface area contributed by atoms with E-state index in [4.69, 9.17) is 30.0 Å². The summed E-state index contributed by atoms with van der Waals surface area (Å²) in [6.07, 6.45) is 3.47. The Morgan fingerprint density at radius 3 is 2.09 bits per heavy atom. The van der Waals surface area contributed by atoms with E-state index in [1.54, 1.807) is 6.92 Å². The van der Waals surface area contributed by atoms with Gasteiger partial charge in [-0.05, 0) is 32.4 Å². The number of para-hydroxylation sites is 1. The van der Waals surface area contributed by atoms with Crippen molar-refractivity contribution in [2.24, 2.45) is 9.98 Å². The fourth-order valence-corrected chi connectivity index (χ4v) is 2.48. The Balaban J connectivity index is 0.000000830. The van der Waals surface area contributed by atoms with E-state index in [0.29, 0.717) is 12.2 Å². The molecule has 0 aromatic heterocycles. The van der Waals surface area contributed by atoms with E-state index in [9.17, 15) is 9.59 Å². The first-order chi connectivity index (χ1) is 16.2. The van der Waals surface area contributed by atoms with Gasteiger partial charge in [0.15, 0.2) is 0 Å². The number of ether oxygens (including phenoxy) is 1. The molecule has 1 aliphatic rings. The van der Waals surface area contributed by atoms with E-state index in [2.05, 4.69) is 30.7 Å². The number of unbranched alkanes of at least 4 members (excludes halogenated alkanes) is 1. The molecule has 1 heterocycles. The minimum atomic E-state index is -1.26. The smallest absolute Gasteiger partial charge is 0.328 e. The van der Waals surface area contributed by atoms with Gasteiger partial charge in [0.25, 0.3) is 0 Å². The zero-order valence-corrected chi connectivity index (χ0v) is 20.6. The molecule has 190 valence electrons. The largest absolute Gasteiger partial charge is 0.478 e. The molecule has 0 aliphatic carbocycles. The molecule has 1 fully saturated rings. The maximum atomic E-state index is 9.55. The average molecular weight is 479 g/mol. The van der Waals surface area contributed by atoms with Gasteiger partial charge in [0.2, 0.25) is 5.96 Å². The highest BCUT2D eigenvalue weighted by molar-refractivity contribution is 5.96. The molecule has 0 bridgehead atoms. The van der Waals surface area contributed by atoms with Gasteiger partial charge >= 0.3 is 11.9 Å². The lowest BCUT2D eigenvalue weighted by Gasteiger charge is -2.28. The third-order valence-corrected chi connectivity index (χ3v) is 4.31. The van der Waals surface area contributed by atoms with E-state index in [0.717, 1.165) is 50.3 Å². The second kappa shape index (κ2) is 19.2. The number of carboxylic acids is 2. The van der Waals surface area contributed by atoms with Gasteiger partial charge in [-0.3, -0.25) is 0 Å². The lowest BCUT2D eigenvalue weighted by Crippen LogP contribution is -2.41. The van der Waals surface area contributed by atoms with Crippen LogP contribution < -0.4 is 0 Å². The number of amidine groups is 1. The minimum absolute atomic E-state index is 0.250. The van der Waals surface area contributed by atoms with Crippen LogP contribution >= 0.6 is 0 Å². The van der Waals surface area contributed by atoms with Crippen molar-refractivity contribution < 1.29 is 29.6 Å². The molecule has 3 N–H and O–H groups in total. The first-order valence-electron chi connectivity index (χ1n) is 11.2. The SMILES string of the molecule is CCCCN(C)C(C)=NC(=Nc1ccccc1)N1CCOCC1.CCO.O=C(O)C=CC(=O)O. The van der Waals surface area contributed by atoms with E-state index < -0.39 is 11.9 Å². The van der Waals surface area contributed by atoms with Crippen molar-refractivity contribution in [3.8, 4) is 0 Å². The molecular weight excluding hydrogens is 440 g/mol. The summed E-state index contributed by atoms with van der Waals surface area (Å²) in [5, 5.41) is 23.2. The lowest BCUT2D eigenvalue weighted by atomic mass is 10.3. The van der Waals surface area contributed by atoms with E-state index >= 15 is 0 Å². The molecule has 34 heavy (non-hydrogen) atoms. The van der Waals surface area contributed by atoms with Crippen LogP contribution in [0.3, 0.4) is 0 Å². The predicted molar refractivity (Wildman–Crippen MR) is 134 cm³/mol. The van der Waals surface area contributed by atoms with Crippen LogP contribution in [0.2, 0.25) is 0 Å². The highest BCUT2D eigenvalue weighted by Crippen LogP contribution is 2.13. The minimum Gasteiger partial charge on any atom is -0.478 e. The molecule has 1 saturated heterocycles. The second-order valence-electron chi connectivity index (χ2n) is 7.11. The van der Waals surface area contributed by atoms with Crippen molar-refractivity contribution in [2.45, 2.75) is 33.6 Å². The normalized spacial score (nSPS) is 14.0. The zero-order chi connectivity index (χ0) is 25.8. The number of aliphatic carboxylic acids is 2. The summed E-state index contributed by atoms with van der Waals surface area (Å²) >= 11 is 0. The van der Waals surface area contributed by atoms with Gasteiger partial charge in [-0.25, -0.2) is 19.6 Å². The van der Waals surface area contributed by atoms with Crippen molar-refractivity contribution in [1.29, 1.82) is 0 Å². The maximum Gasteiger partial charge on any atom is 0.328 e. The second-order valence-corrected chi connectivity index (χ2v) is 7.11. The Hall–Kier alpha value is -3.24. The first kappa shape index (κ1) is 30.8. The van der Waals surface area contributed by atoms with Gasteiger partial charge in [0, 0.05) is 45.4 Å². The van der Waals surface area contributed by atoms with Crippen LogP contribution in [-0.4, -0.2) is 95.4 Å². The summed E-state index contributed by atoms with van der Waals surface area (Å²) < 4.78 is 5.45. The molecule has 0 unspecified atom stereocenters. The van der Waals surface area contributed by atoms with Crippen molar-refractivity contribution in [3.05, 3.63) is 42.5 Å². The lowest BCUT2D eigenvalue weighted by molar-refractivity contribution is -0.134. The molecule has 10 heteroatoms. The van der Waals surface area contributed by atoms with Gasteiger partial charge in [0.1, 0.15) is 5.84 Å². The Bertz CT molecular complexity index is 774. The Morgan fingerprint density at radius 2 is 1.62 bits per heavy atom. The molecule has 1 aliphatic heterocycles. The summed E-state index contributed by atoms with van der Waals surface area (Å²) in [5.74, 6) is -0.736. The summed E-state index contributed by atoms with van der Waals surface area (Å²) in [7, 11) is 2.09. The maximum absolute atomic E-state index is 9.55. The third kappa shape index (κ3) is 15.5. The molecule has 1 aromatic carbocycles. The van der Waals surface area contributed by atoms with Crippen LogP contribution in [0, 0.1) is 0 Å². The van der Waals surface area contributed by atoms with Gasteiger partial charge in [-0.15, -0.1) is 0 Å². The van der Waals surface area contributed by atoms with Crippen LogP contribution in [0.15, 0.2) is 52.5 Å². The number of morpholine rings is 1. The van der Waals surface area contributed by atoms with Crippen LogP contribution in [0.25, 0.3) is 0 Å². The molecule has 0 atom stereocenters. The monoisotopic (exact) mass is 478 g/mol. The number of carbonyl (C=O) groups is 2. The van der Waals surface area contributed by atoms with Crippen molar-refractivity contribution in [1.82, 2.24) is 9.80 Å². The molecule has 10 nitrogen and oxygen atoms in total. The van der Waals surface area contributed by atoms with Gasteiger partial charge < -0.3 is 29.9 Å². The quantitative estimate of drug-likeness (QED) is 0.323. The number of carboxylic acid groups (broad SMARTS) is 2. The van der Waals surface area contributed by atoms with Crippen LogP contribution in [0.5, 0.6) is 0 Å². The molecular formula is C24H38N4O6. The van der Waals surface area contributed by atoms with Gasteiger partial charge in [-0.2, -0.15) is 0 Å². The molecule has 0 amide bonds. The van der Waals surface area contributed by atoms with Crippen molar-refractivity contribution >= 4 is 29.4 Å². The van der Waals surface area contributed by atoms with E-state index in [1.807, 2.05) is 30.3 Å². The van der Waals surface area contributed by atoms with E-state index in [1.165, 1.54) is 12.8 Å². The molecule has 0 spiro atoms. The van der Waals surface area contributed by atoms with Crippen LogP contribution in [-0.2, 0) is 14.3 Å². The Morgan fingerprint density at radius 1 is 1.09 bits per heavy atom. The summed E-state index contributed by atoms with van der Waals surface area (Å²) in [6.45, 7) is 10.3. The van der Waals surface area contributed by atoms with Crippen LogP contribution in [0.1, 0.15) is 33.6 Å². The van der Waals surface area contributed by atoms with Crippen molar-refractivity contribution in [3.63, 3.8) is 0 Å². The fourth-order valence-electron chi connectivity index (χ4n) is 2.48. The molecule has 0 radical (unpaired) electrons. The number of guanidine groups is 1. The third-order valence-electron chi connectivity index (χ3n) is 4.31. The predicted octanol–water partition coefficient (Wildman–Crippen LogP) is 2.87. The fraction of sp³-hybridized carbons (Fsp3) is 0.500. The van der Waals surface area contributed by atoms with Crippen molar-refractivity contribution in [2.75, 3.05) is 46.5 Å². The summed E-state index contributed by atoms with van der Waals surface area (Å²) in [4.78, 5) is 33.1. The standard InChI is InChI=1S/C18H28N4O.C4H4O4.C2H6O/c1-4-5-11-21(3)16(2)19-18(22-12-14-23-15-13-22)20-17-9-7-6-8-10-17;5-3(6)1-2-4(7)8;1-2-3/h6-10H,4-5,11-15H2,1-3H3;1-2H,(H,5,6)(H,7,8);3H,2H2,1H3. The number of aliphatic hydroxyl groups excluding tert-OH is 1. The number of benzene rings is 1. The van der Waals surface area contributed by atoms with Crippen LogP contribution in [0.4, 0.5) is 5.69 Å². The number of aliphatic imine (C=N–C) groups is 2. The highest BCUT2D eigenvalue weighted by atomic mass is 16.5. The zero-order valence-electron chi connectivity index (χ0n) is 20.6. The number of nitrogens with zero attached hydrogens (tertiary/aromatic N) is 4. The molecule has 2 rings (SSSR count). The number of hydrogen-bond donors (Lipinski definition) is 3. The summed E-state index contributed by atoms with van der Waals surface area (Å²) in [6, 6.07) is 10.0. The first-order valence-corrected chi connectivity index (χ1v) is 11.2. The molecule has 0 saturated carbocycles. The number of rotatable bonds is 6. The number of aliphatic hydroxyl groups is 1. The van der Waals surface area contributed by atoms with E-state index in [-0.39, 0.29) is 6.61 Å². The van der Waals surface area contributed by atoms with Gasteiger partial charge in [0.05, 0.1) is 18.9 Å². The molecule has 1 aromatic rings. The Labute approximate surface area is 201 Å². The topological polar surface area (TPSA) is 135 Å². The van der Waals surface area contributed by atoms with Gasteiger partial charge in [-0.1, -0.05) is 31.5 Å².